The summed E-state index contributed by atoms with van der Waals surface area (Å²) in [5.41, 5.74) is 1.74. The first-order chi connectivity index (χ1) is 9.00. The minimum atomic E-state index is 0.311. The maximum atomic E-state index is 3.45. The molecule has 1 nitrogen and oxygen atoms in total. The van der Waals surface area contributed by atoms with Gasteiger partial charge in [0.25, 0.3) is 0 Å². The monoisotopic (exact) mass is 255 g/mol. The molecule has 1 heteroatoms. The second kappa shape index (κ2) is 5.75. The van der Waals surface area contributed by atoms with Crippen LogP contribution >= 0.6 is 0 Å². The zero-order valence-corrected chi connectivity index (χ0v) is 12.5. The average Bonchev–Trinajstić information content (AvgIpc) is 2.37. The van der Waals surface area contributed by atoms with E-state index in [0.29, 0.717) is 11.5 Å². The van der Waals surface area contributed by atoms with Crippen molar-refractivity contribution < 1.29 is 0 Å². The van der Waals surface area contributed by atoms with E-state index in [0.717, 1.165) is 6.42 Å². The number of aryl methyl sites for hydroxylation is 1. The molecule has 2 aromatic rings. The van der Waals surface area contributed by atoms with E-state index in [-0.39, 0.29) is 0 Å². The van der Waals surface area contributed by atoms with Crippen molar-refractivity contribution in [3.05, 3.63) is 48.0 Å². The van der Waals surface area contributed by atoms with Gasteiger partial charge in [-0.2, -0.15) is 0 Å². The molecule has 1 unspecified atom stereocenters. The molecule has 1 atom stereocenters. The molecule has 19 heavy (non-hydrogen) atoms. The predicted molar refractivity (Wildman–Crippen MR) is 84.6 cm³/mol. The standard InChI is InChI=1S/C18H25N/c1-18(2,3)17(19-4)12-10-14-9-11-15-7-5-6-8-16(15)13-14/h5-9,11,13,17,19H,10,12H2,1-4H3. The van der Waals surface area contributed by atoms with Gasteiger partial charge in [0, 0.05) is 6.04 Å². The molecule has 0 aliphatic heterocycles. The second-order valence-electron chi connectivity index (χ2n) is 6.43. The fourth-order valence-electron chi connectivity index (χ4n) is 2.72. The Morgan fingerprint density at radius 3 is 2.32 bits per heavy atom. The van der Waals surface area contributed by atoms with Crippen molar-refractivity contribution in [1.82, 2.24) is 5.32 Å². The average molecular weight is 255 g/mol. The van der Waals surface area contributed by atoms with Gasteiger partial charge in [-0.3, -0.25) is 0 Å². The van der Waals surface area contributed by atoms with Crippen LogP contribution in [0.5, 0.6) is 0 Å². The number of nitrogens with one attached hydrogen (secondary N) is 1. The van der Waals surface area contributed by atoms with Gasteiger partial charge in [-0.1, -0.05) is 63.2 Å². The van der Waals surface area contributed by atoms with Crippen molar-refractivity contribution in [2.75, 3.05) is 7.05 Å². The summed E-state index contributed by atoms with van der Waals surface area (Å²) in [7, 11) is 2.07. The molecule has 0 amide bonds. The summed E-state index contributed by atoms with van der Waals surface area (Å²) in [6.45, 7) is 6.90. The first kappa shape index (κ1) is 14.1. The highest BCUT2D eigenvalue weighted by Gasteiger charge is 2.22. The van der Waals surface area contributed by atoms with Gasteiger partial charge in [-0.25, -0.2) is 0 Å². The zero-order valence-electron chi connectivity index (χ0n) is 12.5. The topological polar surface area (TPSA) is 12.0 Å². The van der Waals surface area contributed by atoms with E-state index >= 15 is 0 Å². The molecule has 1 N–H and O–H groups in total. The Hall–Kier alpha value is -1.34. The molecule has 2 aromatic carbocycles. The zero-order chi connectivity index (χ0) is 13.9. The highest BCUT2D eigenvalue weighted by molar-refractivity contribution is 5.82. The molecule has 0 saturated carbocycles. The largest absolute Gasteiger partial charge is 0.316 e. The summed E-state index contributed by atoms with van der Waals surface area (Å²) in [6, 6.07) is 15.9. The van der Waals surface area contributed by atoms with Crippen molar-refractivity contribution in [3.63, 3.8) is 0 Å². The molecular formula is C18H25N. The third-order valence-corrected chi connectivity index (χ3v) is 3.93. The highest BCUT2D eigenvalue weighted by Crippen LogP contribution is 2.24. The Kier molecular flexibility index (Phi) is 4.26. The fraction of sp³-hybridized carbons (Fsp3) is 0.444. The minimum Gasteiger partial charge on any atom is -0.316 e. The van der Waals surface area contributed by atoms with E-state index in [1.807, 2.05) is 0 Å². The van der Waals surface area contributed by atoms with E-state index in [1.165, 1.54) is 22.8 Å². The quantitative estimate of drug-likeness (QED) is 0.853. The molecular weight excluding hydrogens is 230 g/mol. The lowest BCUT2D eigenvalue weighted by molar-refractivity contribution is 0.268. The smallest absolute Gasteiger partial charge is 0.0116 e. The van der Waals surface area contributed by atoms with Crippen LogP contribution in [0.1, 0.15) is 32.8 Å². The Morgan fingerprint density at radius 1 is 1.00 bits per heavy atom. The second-order valence-corrected chi connectivity index (χ2v) is 6.43. The molecule has 0 aliphatic rings. The van der Waals surface area contributed by atoms with E-state index in [1.54, 1.807) is 0 Å². The fourth-order valence-corrected chi connectivity index (χ4v) is 2.72. The lowest BCUT2D eigenvalue weighted by Crippen LogP contribution is -2.38. The van der Waals surface area contributed by atoms with Crippen LogP contribution in [0.25, 0.3) is 10.8 Å². The Morgan fingerprint density at radius 2 is 1.68 bits per heavy atom. The predicted octanol–water partition coefficient (Wildman–Crippen LogP) is 4.41. The molecule has 0 fully saturated rings. The van der Waals surface area contributed by atoms with E-state index in [2.05, 4.69) is 75.6 Å². The number of benzene rings is 2. The maximum absolute atomic E-state index is 3.45. The van der Waals surface area contributed by atoms with Gasteiger partial charge in [0.15, 0.2) is 0 Å². The first-order valence-corrected chi connectivity index (χ1v) is 7.15. The number of rotatable bonds is 4. The van der Waals surface area contributed by atoms with Crippen LogP contribution in [0.2, 0.25) is 0 Å². The minimum absolute atomic E-state index is 0.311. The molecule has 0 radical (unpaired) electrons. The molecule has 0 aliphatic carbocycles. The van der Waals surface area contributed by atoms with Crippen LogP contribution < -0.4 is 5.32 Å². The Bertz CT molecular complexity index is 537. The van der Waals surface area contributed by atoms with E-state index < -0.39 is 0 Å². The van der Waals surface area contributed by atoms with Gasteiger partial charge in [-0.15, -0.1) is 0 Å². The van der Waals surface area contributed by atoms with Crippen molar-refractivity contribution in [3.8, 4) is 0 Å². The third kappa shape index (κ3) is 3.57. The van der Waals surface area contributed by atoms with E-state index in [4.69, 9.17) is 0 Å². The summed E-state index contributed by atoms with van der Waals surface area (Å²) in [5.74, 6) is 0. The van der Waals surface area contributed by atoms with Gasteiger partial charge in [-0.05, 0) is 41.6 Å². The summed E-state index contributed by atoms with van der Waals surface area (Å²) in [5, 5.41) is 6.12. The van der Waals surface area contributed by atoms with Crippen molar-refractivity contribution in [2.45, 2.75) is 39.7 Å². The van der Waals surface area contributed by atoms with E-state index in [9.17, 15) is 0 Å². The van der Waals surface area contributed by atoms with Crippen molar-refractivity contribution >= 4 is 10.8 Å². The van der Waals surface area contributed by atoms with Gasteiger partial charge in [0.2, 0.25) is 0 Å². The highest BCUT2D eigenvalue weighted by atomic mass is 14.9. The maximum Gasteiger partial charge on any atom is 0.0116 e. The summed E-state index contributed by atoms with van der Waals surface area (Å²) >= 11 is 0. The van der Waals surface area contributed by atoms with Crippen LogP contribution in [0.4, 0.5) is 0 Å². The molecule has 0 aromatic heterocycles. The SMILES string of the molecule is CNC(CCc1ccc2ccccc2c1)C(C)(C)C. The van der Waals surface area contributed by atoms with Crippen LogP contribution in [-0.2, 0) is 6.42 Å². The summed E-state index contributed by atoms with van der Waals surface area (Å²) in [4.78, 5) is 0. The third-order valence-electron chi connectivity index (χ3n) is 3.93. The van der Waals surface area contributed by atoms with Crippen LogP contribution in [0, 0.1) is 5.41 Å². The molecule has 0 heterocycles. The lowest BCUT2D eigenvalue weighted by atomic mass is 9.83. The van der Waals surface area contributed by atoms with Crippen molar-refractivity contribution in [2.24, 2.45) is 5.41 Å². The summed E-state index contributed by atoms with van der Waals surface area (Å²) < 4.78 is 0. The van der Waals surface area contributed by atoms with Gasteiger partial charge >= 0.3 is 0 Å². The van der Waals surface area contributed by atoms with Crippen molar-refractivity contribution in [1.29, 1.82) is 0 Å². The number of fused-ring (bicyclic) bond motifs is 1. The van der Waals surface area contributed by atoms with Gasteiger partial charge < -0.3 is 5.32 Å². The lowest BCUT2D eigenvalue weighted by Gasteiger charge is -2.30. The van der Waals surface area contributed by atoms with Gasteiger partial charge in [0.1, 0.15) is 0 Å². The molecule has 0 saturated heterocycles. The molecule has 102 valence electrons. The normalized spacial score (nSPS) is 13.7. The number of hydrogen-bond acceptors (Lipinski definition) is 1. The van der Waals surface area contributed by atoms with Gasteiger partial charge in [0.05, 0.1) is 0 Å². The molecule has 2 rings (SSSR count). The number of hydrogen-bond donors (Lipinski definition) is 1. The van der Waals surface area contributed by atoms with Crippen LogP contribution in [-0.4, -0.2) is 13.1 Å². The Labute approximate surface area is 117 Å². The molecule has 0 spiro atoms. The molecule has 0 bridgehead atoms. The van der Waals surface area contributed by atoms with Crippen LogP contribution in [0.15, 0.2) is 42.5 Å². The Balaban J connectivity index is 2.09. The van der Waals surface area contributed by atoms with Crippen LogP contribution in [0.3, 0.4) is 0 Å². The summed E-state index contributed by atoms with van der Waals surface area (Å²) in [6.07, 6.45) is 2.31. The first-order valence-electron chi connectivity index (χ1n) is 7.15.